The van der Waals surface area contributed by atoms with E-state index in [1.165, 1.54) is 11.8 Å². The molecule has 3 heterocycles. The summed E-state index contributed by atoms with van der Waals surface area (Å²) in [5.41, 5.74) is -1.01. The summed E-state index contributed by atoms with van der Waals surface area (Å²) in [7, 11) is -5.76. The number of fused-ring (bicyclic) bond motifs is 1. The summed E-state index contributed by atoms with van der Waals surface area (Å²) in [6.45, 7) is -0.141. The van der Waals surface area contributed by atoms with Crippen LogP contribution in [0.5, 0.6) is 0 Å². The van der Waals surface area contributed by atoms with Gasteiger partial charge < -0.3 is 19.3 Å². The van der Waals surface area contributed by atoms with Crippen molar-refractivity contribution in [1.29, 1.82) is 0 Å². The van der Waals surface area contributed by atoms with E-state index >= 15 is 0 Å². The van der Waals surface area contributed by atoms with Gasteiger partial charge in [0, 0.05) is 11.2 Å². The standard InChI is InChI=1S/C17H22F2O9S2/c1-7(17(18,19)30(23,24)25)27-8(20)6-26-11-12-13-9(15(21)28-12)10(14(11)29-13)16(22)4-2-3-5-16/h7,9-14,22H,2-6H2,1H3,(H,23,24,25). The number of carbonyl (C=O) groups is 2. The molecule has 1 aliphatic carbocycles. The average Bonchev–Trinajstić information content (AvgIpc) is 3.35. The molecule has 30 heavy (non-hydrogen) atoms. The molecule has 3 saturated heterocycles. The van der Waals surface area contributed by atoms with Crippen LogP contribution in [0.4, 0.5) is 8.78 Å². The van der Waals surface area contributed by atoms with E-state index in [4.69, 9.17) is 14.0 Å². The van der Waals surface area contributed by atoms with Crippen molar-refractivity contribution in [3.05, 3.63) is 0 Å². The molecule has 2 bridgehead atoms. The minimum Gasteiger partial charge on any atom is -0.458 e. The highest BCUT2D eigenvalue weighted by atomic mass is 32.2. The molecule has 0 aromatic carbocycles. The normalized spacial score (nSPS) is 38.0. The molecule has 4 fully saturated rings. The van der Waals surface area contributed by atoms with Crippen molar-refractivity contribution in [2.75, 3.05) is 6.61 Å². The first kappa shape index (κ1) is 22.2. The fourth-order valence-corrected chi connectivity index (χ4v) is 7.77. The molecule has 1 saturated carbocycles. The van der Waals surface area contributed by atoms with Crippen molar-refractivity contribution in [2.45, 2.75) is 72.3 Å². The molecule has 3 aliphatic heterocycles. The summed E-state index contributed by atoms with van der Waals surface area (Å²) in [5, 5.41) is 5.92. The SMILES string of the molecule is CC(OC(=O)COC1C2OC(=O)C3C2SC1C3C1(O)CCCC1)C(F)(F)S(=O)(=O)O. The number of thioether (sulfide) groups is 1. The summed E-state index contributed by atoms with van der Waals surface area (Å²) in [6, 6.07) is 0. The van der Waals surface area contributed by atoms with Gasteiger partial charge in [0.2, 0.25) is 0 Å². The maximum atomic E-state index is 13.5. The molecular weight excluding hydrogens is 450 g/mol. The Morgan fingerprint density at radius 1 is 1.37 bits per heavy atom. The molecule has 2 N–H and O–H groups in total. The Bertz CT molecular complexity index is 842. The van der Waals surface area contributed by atoms with Gasteiger partial charge >= 0.3 is 27.3 Å². The number of alkyl halides is 2. The van der Waals surface area contributed by atoms with Crippen molar-refractivity contribution in [3.8, 4) is 0 Å². The monoisotopic (exact) mass is 472 g/mol. The van der Waals surface area contributed by atoms with Crippen LogP contribution in [0.2, 0.25) is 0 Å². The average molecular weight is 472 g/mol. The summed E-state index contributed by atoms with van der Waals surface area (Å²) >= 11 is 1.47. The van der Waals surface area contributed by atoms with Gasteiger partial charge in [0.1, 0.15) is 18.8 Å². The lowest BCUT2D eigenvalue weighted by Gasteiger charge is -2.39. The Morgan fingerprint density at radius 3 is 2.60 bits per heavy atom. The summed E-state index contributed by atoms with van der Waals surface area (Å²) in [5.74, 6) is -2.48. The third kappa shape index (κ3) is 3.33. The van der Waals surface area contributed by atoms with Gasteiger partial charge in [0.15, 0.2) is 6.10 Å². The molecule has 0 aromatic rings. The zero-order valence-electron chi connectivity index (χ0n) is 15.9. The minimum atomic E-state index is -5.76. The van der Waals surface area contributed by atoms with Gasteiger partial charge in [-0.25, -0.2) is 4.79 Å². The van der Waals surface area contributed by atoms with E-state index in [0.717, 1.165) is 12.8 Å². The van der Waals surface area contributed by atoms with E-state index in [1.807, 2.05) is 0 Å². The van der Waals surface area contributed by atoms with Crippen LogP contribution in [0.3, 0.4) is 0 Å². The molecular formula is C17H22F2O9S2. The molecule has 7 atom stereocenters. The van der Waals surface area contributed by atoms with Gasteiger partial charge in [0.05, 0.1) is 16.8 Å². The highest BCUT2D eigenvalue weighted by Crippen LogP contribution is 2.63. The van der Waals surface area contributed by atoms with Crippen LogP contribution >= 0.6 is 11.8 Å². The van der Waals surface area contributed by atoms with Crippen molar-refractivity contribution >= 4 is 33.8 Å². The smallest absolute Gasteiger partial charge is 0.405 e. The molecule has 0 amide bonds. The van der Waals surface area contributed by atoms with E-state index in [2.05, 4.69) is 4.74 Å². The van der Waals surface area contributed by atoms with Crippen molar-refractivity contribution in [1.82, 2.24) is 0 Å². The number of ether oxygens (including phenoxy) is 3. The molecule has 0 aromatic heterocycles. The van der Waals surface area contributed by atoms with E-state index in [0.29, 0.717) is 19.8 Å². The van der Waals surface area contributed by atoms with Gasteiger partial charge in [-0.2, -0.15) is 17.2 Å². The molecule has 0 spiro atoms. The van der Waals surface area contributed by atoms with Gasteiger partial charge in [-0.1, -0.05) is 12.8 Å². The molecule has 9 nitrogen and oxygen atoms in total. The Kier molecular flexibility index (Phi) is 5.37. The summed E-state index contributed by atoms with van der Waals surface area (Å²) < 4.78 is 72.5. The van der Waals surface area contributed by atoms with E-state index in [1.54, 1.807) is 0 Å². The van der Waals surface area contributed by atoms with Gasteiger partial charge in [-0.05, 0) is 19.8 Å². The number of hydrogen-bond acceptors (Lipinski definition) is 9. The topological polar surface area (TPSA) is 136 Å². The first-order chi connectivity index (χ1) is 13.9. The molecule has 170 valence electrons. The number of hydrogen-bond donors (Lipinski definition) is 2. The molecule has 7 unspecified atom stereocenters. The zero-order valence-corrected chi connectivity index (χ0v) is 17.5. The first-order valence-electron chi connectivity index (χ1n) is 9.61. The predicted molar refractivity (Wildman–Crippen MR) is 97.2 cm³/mol. The first-order valence-corrected chi connectivity index (χ1v) is 12.0. The highest BCUT2D eigenvalue weighted by molar-refractivity contribution is 8.01. The lowest BCUT2D eigenvalue weighted by atomic mass is 9.69. The fourth-order valence-electron chi connectivity index (χ4n) is 5.15. The van der Waals surface area contributed by atoms with Gasteiger partial charge in [-0.15, -0.1) is 11.8 Å². The Hall–Kier alpha value is -1.02. The van der Waals surface area contributed by atoms with E-state index < -0.39 is 63.7 Å². The van der Waals surface area contributed by atoms with E-state index in [-0.39, 0.29) is 16.4 Å². The number of carbonyl (C=O) groups excluding carboxylic acids is 2. The Balaban J connectivity index is 1.42. The van der Waals surface area contributed by atoms with E-state index in [9.17, 15) is 31.9 Å². The third-order valence-electron chi connectivity index (χ3n) is 6.51. The number of aliphatic hydroxyl groups is 1. The van der Waals surface area contributed by atoms with Crippen molar-refractivity contribution < 1.29 is 50.7 Å². The van der Waals surface area contributed by atoms with Gasteiger partial charge in [0.25, 0.3) is 0 Å². The highest BCUT2D eigenvalue weighted by Gasteiger charge is 2.71. The number of rotatable bonds is 7. The Morgan fingerprint density at radius 2 is 2.00 bits per heavy atom. The molecule has 0 radical (unpaired) electrons. The van der Waals surface area contributed by atoms with Crippen molar-refractivity contribution in [2.24, 2.45) is 11.8 Å². The van der Waals surface area contributed by atoms with Gasteiger partial charge in [-0.3, -0.25) is 9.35 Å². The lowest BCUT2D eigenvalue weighted by molar-refractivity contribution is -0.169. The fraction of sp³-hybridized carbons (Fsp3) is 0.882. The second-order valence-corrected chi connectivity index (χ2v) is 11.1. The number of halogens is 2. The van der Waals surface area contributed by atoms with Crippen LogP contribution in [0.1, 0.15) is 32.6 Å². The third-order valence-corrected chi connectivity index (χ3v) is 9.29. The maximum absolute atomic E-state index is 13.5. The zero-order chi connectivity index (χ0) is 22.1. The Labute approximate surface area is 175 Å². The summed E-state index contributed by atoms with van der Waals surface area (Å²) in [6.07, 6.45) is -0.945. The largest absolute Gasteiger partial charge is 0.458 e. The second-order valence-electron chi connectivity index (χ2n) is 8.27. The quantitative estimate of drug-likeness (QED) is 0.403. The van der Waals surface area contributed by atoms with Crippen LogP contribution in [0.15, 0.2) is 0 Å². The summed E-state index contributed by atoms with van der Waals surface area (Å²) in [4.78, 5) is 24.3. The molecule has 13 heteroatoms. The molecule has 4 rings (SSSR count). The maximum Gasteiger partial charge on any atom is 0.405 e. The second kappa shape index (κ2) is 7.26. The van der Waals surface area contributed by atoms with Crippen LogP contribution < -0.4 is 0 Å². The minimum absolute atomic E-state index is 0.207. The van der Waals surface area contributed by atoms with Crippen LogP contribution in [-0.4, -0.2) is 76.3 Å². The lowest BCUT2D eigenvalue weighted by Crippen LogP contribution is -2.53. The van der Waals surface area contributed by atoms with Crippen LogP contribution in [-0.2, 0) is 33.9 Å². The predicted octanol–water partition coefficient (Wildman–Crippen LogP) is 0.744. The molecule has 4 aliphatic rings. The number of esters is 2. The van der Waals surface area contributed by atoms with Crippen LogP contribution in [0.25, 0.3) is 0 Å². The van der Waals surface area contributed by atoms with Crippen molar-refractivity contribution in [3.63, 3.8) is 0 Å². The van der Waals surface area contributed by atoms with Crippen LogP contribution in [0, 0.1) is 11.8 Å².